The van der Waals surface area contributed by atoms with Crippen molar-refractivity contribution in [1.29, 1.82) is 0 Å². The Hall–Kier alpha value is -1.29. The molecule has 4 heteroatoms. The number of hydrogen-bond donors (Lipinski definition) is 2. The second-order valence-corrected chi connectivity index (χ2v) is 4.59. The van der Waals surface area contributed by atoms with Gasteiger partial charge in [0.15, 0.2) is 11.6 Å². The molecule has 1 fully saturated rings. The highest BCUT2D eigenvalue weighted by Crippen LogP contribution is 2.27. The van der Waals surface area contributed by atoms with Crippen molar-refractivity contribution in [2.45, 2.75) is 44.9 Å². The predicted octanol–water partition coefficient (Wildman–Crippen LogP) is 1.77. The maximum atomic E-state index is 5.75. The van der Waals surface area contributed by atoms with Gasteiger partial charge in [-0.15, -0.1) is 0 Å². The molecule has 88 valence electrons. The number of aromatic nitrogens is 1. The maximum absolute atomic E-state index is 5.75. The number of ether oxygens (including phenoxy) is 1. The van der Waals surface area contributed by atoms with E-state index < -0.39 is 0 Å². The molecule has 1 heterocycles. The Morgan fingerprint density at radius 2 is 2.25 bits per heavy atom. The molecular weight excluding hydrogens is 202 g/mol. The van der Waals surface area contributed by atoms with Crippen molar-refractivity contribution >= 4 is 5.82 Å². The smallest absolute Gasteiger partial charge is 0.168 e. The van der Waals surface area contributed by atoms with Gasteiger partial charge < -0.3 is 15.8 Å². The van der Waals surface area contributed by atoms with Crippen LogP contribution < -0.4 is 15.8 Å². The first-order chi connectivity index (χ1) is 7.65. The van der Waals surface area contributed by atoms with Crippen molar-refractivity contribution in [2.24, 2.45) is 5.73 Å². The fourth-order valence-corrected chi connectivity index (χ4v) is 1.82. The highest BCUT2D eigenvalue weighted by Gasteiger charge is 2.26. The van der Waals surface area contributed by atoms with E-state index >= 15 is 0 Å². The van der Waals surface area contributed by atoms with Crippen molar-refractivity contribution < 1.29 is 4.74 Å². The number of nitrogens with one attached hydrogen (secondary N) is 1. The first kappa shape index (κ1) is 11.2. The molecule has 3 N–H and O–H groups in total. The van der Waals surface area contributed by atoms with Gasteiger partial charge in [0.2, 0.25) is 0 Å². The Labute approximate surface area is 96.2 Å². The maximum Gasteiger partial charge on any atom is 0.168 e. The third kappa shape index (κ3) is 2.64. The largest absolute Gasteiger partial charge is 0.487 e. The van der Waals surface area contributed by atoms with E-state index in [-0.39, 0.29) is 6.10 Å². The summed E-state index contributed by atoms with van der Waals surface area (Å²) in [6.07, 6.45) is 3.96. The van der Waals surface area contributed by atoms with Crippen LogP contribution in [0.15, 0.2) is 18.3 Å². The molecule has 1 aliphatic rings. The highest BCUT2D eigenvalue weighted by atomic mass is 16.5. The molecule has 0 unspecified atom stereocenters. The molecule has 1 aromatic rings. The predicted molar refractivity (Wildman–Crippen MR) is 64.6 cm³/mol. The van der Waals surface area contributed by atoms with Gasteiger partial charge in [0.25, 0.3) is 0 Å². The molecule has 16 heavy (non-hydrogen) atoms. The van der Waals surface area contributed by atoms with Crippen molar-refractivity contribution in [3.05, 3.63) is 18.3 Å². The van der Waals surface area contributed by atoms with Crippen LogP contribution in [0, 0.1) is 0 Å². The third-order valence-corrected chi connectivity index (χ3v) is 2.65. The van der Waals surface area contributed by atoms with Crippen LogP contribution in [0.5, 0.6) is 5.75 Å². The average Bonchev–Trinajstić information content (AvgIpc) is 2.17. The molecule has 0 bridgehead atoms. The first-order valence-electron chi connectivity index (χ1n) is 5.79. The first-order valence-corrected chi connectivity index (χ1v) is 5.79. The van der Waals surface area contributed by atoms with E-state index in [1.54, 1.807) is 6.20 Å². The number of nitrogens with zero attached hydrogens (tertiary/aromatic N) is 1. The van der Waals surface area contributed by atoms with Gasteiger partial charge in [-0.25, -0.2) is 4.98 Å². The molecule has 0 saturated heterocycles. The topological polar surface area (TPSA) is 60.2 Å². The number of hydrogen-bond acceptors (Lipinski definition) is 4. The monoisotopic (exact) mass is 221 g/mol. The zero-order valence-electron chi connectivity index (χ0n) is 9.81. The standard InChI is InChI=1S/C12H19N3O/c1-8(2)16-11-4-3-5-14-12(11)15-10-6-9(13)7-10/h3-5,8-10H,6-7,13H2,1-2H3,(H,14,15). The SMILES string of the molecule is CC(C)Oc1cccnc1NC1CC(N)C1. The molecule has 0 radical (unpaired) electrons. The molecule has 4 nitrogen and oxygen atoms in total. The summed E-state index contributed by atoms with van der Waals surface area (Å²) in [4.78, 5) is 4.30. The van der Waals surface area contributed by atoms with Crippen LogP contribution in [0.3, 0.4) is 0 Å². The normalized spacial score (nSPS) is 24.0. The van der Waals surface area contributed by atoms with E-state index in [1.807, 2.05) is 26.0 Å². The van der Waals surface area contributed by atoms with Crippen LogP contribution in [-0.4, -0.2) is 23.2 Å². The van der Waals surface area contributed by atoms with Gasteiger partial charge in [-0.05, 0) is 38.8 Å². The Balaban J connectivity index is 2.01. The Morgan fingerprint density at radius 3 is 2.88 bits per heavy atom. The minimum atomic E-state index is 0.161. The van der Waals surface area contributed by atoms with Crippen LogP contribution in [0.1, 0.15) is 26.7 Å². The molecule has 0 aliphatic heterocycles. The van der Waals surface area contributed by atoms with E-state index in [1.165, 1.54) is 0 Å². The van der Waals surface area contributed by atoms with Crippen LogP contribution in [0.4, 0.5) is 5.82 Å². The van der Waals surface area contributed by atoms with Crippen molar-refractivity contribution in [3.63, 3.8) is 0 Å². The summed E-state index contributed by atoms with van der Waals surface area (Å²) < 4.78 is 5.69. The van der Waals surface area contributed by atoms with Gasteiger partial charge in [0.1, 0.15) is 0 Å². The summed E-state index contributed by atoms with van der Waals surface area (Å²) in [6, 6.07) is 4.61. The van der Waals surface area contributed by atoms with E-state index in [0.29, 0.717) is 12.1 Å². The van der Waals surface area contributed by atoms with E-state index in [4.69, 9.17) is 10.5 Å². The highest BCUT2D eigenvalue weighted by molar-refractivity contribution is 5.50. The van der Waals surface area contributed by atoms with Gasteiger partial charge in [-0.1, -0.05) is 0 Å². The molecule has 1 aliphatic carbocycles. The molecule has 0 atom stereocenters. The molecule has 2 rings (SSSR count). The zero-order valence-corrected chi connectivity index (χ0v) is 9.81. The summed E-state index contributed by atoms with van der Waals surface area (Å²) in [5, 5.41) is 3.37. The Kier molecular flexibility index (Phi) is 3.29. The summed E-state index contributed by atoms with van der Waals surface area (Å²) in [5.74, 6) is 1.64. The van der Waals surface area contributed by atoms with Crippen molar-refractivity contribution in [1.82, 2.24) is 4.98 Å². The minimum absolute atomic E-state index is 0.161. The molecule has 0 amide bonds. The minimum Gasteiger partial charge on any atom is -0.487 e. The van der Waals surface area contributed by atoms with E-state index in [9.17, 15) is 0 Å². The molecule has 1 aromatic heterocycles. The number of nitrogens with two attached hydrogens (primary N) is 1. The quantitative estimate of drug-likeness (QED) is 0.813. The van der Waals surface area contributed by atoms with Crippen LogP contribution in [0.25, 0.3) is 0 Å². The summed E-state index contributed by atoms with van der Waals surface area (Å²) in [7, 11) is 0. The zero-order chi connectivity index (χ0) is 11.5. The van der Waals surface area contributed by atoms with Gasteiger partial charge in [0.05, 0.1) is 6.10 Å². The summed E-state index contributed by atoms with van der Waals surface area (Å²) in [6.45, 7) is 4.02. The number of rotatable bonds is 4. The number of pyridine rings is 1. The van der Waals surface area contributed by atoms with Crippen LogP contribution >= 0.6 is 0 Å². The second-order valence-electron chi connectivity index (χ2n) is 4.59. The van der Waals surface area contributed by atoms with Crippen LogP contribution in [-0.2, 0) is 0 Å². The fourth-order valence-electron chi connectivity index (χ4n) is 1.82. The lowest BCUT2D eigenvalue weighted by molar-refractivity contribution is 0.242. The van der Waals surface area contributed by atoms with Gasteiger partial charge in [-0.2, -0.15) is 0 Å². The second kappa shape index (κ2) is 4.70. The lowest BCUT2D eigenvalue weighted by atomic mass is 9.88. The van der Waals surface area contributed by atoms with Gasteiger partial charge >= 0.3 is 0 Å². The van der Waals surface area contributed by atoms with E-state index in [2.05, 4.69) is 10.3 Å². The molecule has 1 saturated carbocycles. The lowest BCUT2D eigenvalue weighted by Crippen LogP contribution is -2.44. The van der Waals surface area contributed by atoms with Gasteiger partial charge in [0, 0.05) is 18.3 Å². The average molecular weight is 221 g/mol. The van der Waals surface area contributed by atoms with Gasteiger partial charge in [-0.3, -0.25) is 0 Å². The molecule has 0 aromatic carbocycles. The Bertz CT molecular complexity index is 348. The number of anilines is 1. The Morgan fingerprint density at radius 1 is 1.50 bits per heavy atom. The lowest BCUT2D eigenvalue weighted by Gasteiger charge is -2.33. The van der Waals surface area contributed by atoms with E-state index in [0.717, 1.165) is 24.4 Å². The molecular formula is C12H19N3O. The van der Waals surface area contributed by atoms with Crippen LogP contribution in [0.2, 0.25) is 0 Å². The summed E-state index contributed by atoms with van der Waals surface area (Å²) >= 11 is 0. The third-order valence-electron chi connectivity index (χ3n) is 2.65. The molecule has 0 spiro atoms. The fraction of sp³-hybridized carbons (Fsp3) is 0.583. The van der Waals surface area contributed by atoms with Crippen molar-refractivity contribution in [3.8, 4) is 5.75 Å². The van der Waals surface area contributed by atoms with Crippen molar-refractivity contribution in [2.75, 3.05) is 5.32 Å². The summed E-state index contributed by atoms with van der Waals surface area (Å²) in [5.41, 5.74) is 5.75.